The van der Waals surface area contributed by atoms with Gasteiger partial charge in [0.25, 0.3) is 5.91 Å². The van der Waals surface area contributed by atoms with Crippen LogP contribution in [0.1, 0.15) is 5.56 Å². The topological polar surface area (TPSA) is 58.6 Å². The molecule has 0 aliphatic carbocycles. The molecule has 0 bridgehead atoms. The first-order valence-electron chi connectivity index (χ1n) is 6.17. The van der Waals surface area contributed by atoms with E-state index in [9.17, 15) is 14.3 Å². The highest BCUT2D eigenvalue weighted by atomic mass is 19.1. The molecule has 0 aromatic heterocycles. The molecule has 20 heavy (non-hydrogen) atoms. The van der Waals surface area contributed by atoms with Gasteiger partial charge in [-0.1, -0.05) is 12.1 Å². The molecule has 1 aliphatic heterocycles. The molecule has 0 fully saturated rings. The van der Waals surface area contributed by atoms with Crippen LogP contribution in [0.15, 0.2) is 42.5 Å². The number of aromatic hydroxyl groups is 1. The highest BCUT2D eigenvalue weighted by Crippen LogP contribution is 2.33. The first kappa shape index (κ1) is 12.5. The van der Waals surface area contributed by atoms with Crippen molar-refractivity contribution in [3.05, 3.63) is 53.8 Å². The van der Waals surface area contributed by atoms with Crippen LogP contribution < -0.4 is 10.1 Å². The number of fused-ring (bicyclic) bond motifs is 1. The third-order valence-electron chi connectivity index (χ3n) is 3.12. The molecular weight excluding hydrogens is 261 g/mol. The summed E-state index contributed by atoms with van der Waals surface area (Å²) in [6, 6.07) is 10.5. The van der Waals surface area contributed by atoms with E-state index in [-0.39, 0.29) is 17.5 Å². The van der Waals surface area contributed by atoms with E-state index in [1.54, 1.807) is 18.2 Å². The Labute approximate surface area is 114 Å². The molecule has 2 N–H and O–H groups in total. The van der Waals surface area contributed by atoms with Crippen molar-refractivity contribution in [3.63, 3.8) is 0 Å². The third-order valence-corrected chi connectivity index (χ3v) is 3.12. The SMILES string of the molecule is O=C1Nc2cc(O)ccc2OC1Cc1ccc(F)cc1. The number of anilines is 1. The van der Waals surface area contributed by atoms with Crippen molar-refractivity contribution < 1.29 is 19.0 Å². The number of halogens is 1. The third kappa shape index (κ3) is 2.42. The Morgan fingerprint density at radius 3 is 2.70 bits per heavy atom. The quantitative estimate of drug-likeness (QED) is 0.883. The molecule has 1 unspecified atom stereocenters. The van der Waals surface area contributed by atoms with Gasteiger partial charge in [0.2, 0.25) is 0 Å². The first-order chi connectivity index (χ1) is 9.61. The van der Waals surface area contributed by atoms with Gasteiger partial charge in [-0.25, -0.2) is 4.39 Å². The second-order valence-corrected chi connectivity index (χ2v) is 4.61. The Balaban J connectivity index is 1.80. The zero-order valence-electron chi connectivity index (χ0n) is 10.5. The molecule has 0 saturated carbocycles. The summed E-state index contributed by atoms with van der Waals surface area (Å²) < 4.78 is 18.5. The number of phenols is 1. The lowest BCUT2D eigenvalue weighted by atomic mass is 10.1. The average molecular weight is 273 g/mol. The number of ether oxygens (including phenoxy) is 1. The minimum Gasteiger partial charge on any atom is -0.508 e. The van der Waals surface area contributed by atoms with Gasteiger partial charge in [0.15, 0.2) is 6.10 Å². The monoisotopic (exact) mass is 273 g/mol. The van der Waals surface area contributed by atoms with E-state index in [1.807, 2.05) is 0 Å². The number of carbonyl (C=O) groups excluding carboxylic acids is 1. The van der Waals surface area contributed by atoms with Crippen LogP contribution >= 0.6 is 0 Å². The number of rotatable bonds is 2. The van der Waals surface area contributed by atoms with Crippen molar-refractivity contribution in [2.75, 3.05) is 5.32 Å². The van der Waals surface area contributed by atoms with Gasteiger partial charge < -0.3 is 15.2 Å². The molecule has 1 atom stereocenters. The van der Waals surface area contributed by atoms with E-state index in [4.69, 9.17) is 4.74 Å². The molecular formula is C15H12FNO3. The van der Waals surface area contributed by atoms with E-state index in [2.05, 4.69) is 5.32 Å². The lowest BCUT2D eigenvalue weighted by Gasteiger charge is -2.26. The van der Waals surface area contributed by atoms with Crippen molar-refractivity contribution in [2.45, 2.75) is 12.5 Å². The van der Waals surface area contributed by atoms with E-state index >= 15 is 0 Å². The summed E-state index contributed by atoms with van der Waals surface area (Å²) in [4.78, 5) is 11.9. The van der Waals surface area contributed by atoms with Crippen LogP contribution in [0, 0.1) is 5.82 Å². The normalized spacial score (nSPS) is 17.1. The van der Waals surface area contributed by atoms with Crippen LogP contribution in [0.2, 0.25) is 0 Å². The molecule has 5 heteroatoms. The standard InChI is InChI=1S/C15H12FNO3/c16-10-3-1-9(2-4-10)7-14-15(19)17-12-8-11(18)5-6-13(12)20-14/h1-6,8,14,18H,7H2,(H,17,19). The predicted molar refractivity (Wildman–Crippen MR) is 71.3 cm³/mol. The fraction of sp³-hybridized carbons (Fsp3) is 0.133. The number of hydrogen-bond donors (Lipinski definition) is 2. The summed E-state index contributed by atoms with van der Waals surface area (Å²) in [5, 5.41) is 12.0. The van der Waals surface area contributed by atoms with Crippen molar-refractivity contribution in [2.24, 2.45) is 0 Å². The van der Waals surface area contributed by atoms with Crippen LogP contribution in [0.4, 0.5) is 10.1 Å². The lowest BCUT2D eigenvalue weighted by molar-refractivity contribution is -0.123. The lowest BCUT2D eigenvalue weighted by Crippen LogP contribution is -2.38. The predicted octanol–water partition coefficient (Wildman–Crippen LogP) is 2.47. The minimum atomic E-state index is -0.669. The summed E-state index contributed by atoms with van der Waals surface area (Å²) in [5.41, 5.74) is 1.26. The molecule has 1 heterocycles. The van der Waals surface area contributed by atoms with Crippen LogP contribution in [0.25, 0.3) is 0 Å². The number of benzene rings is 2. The number of nitrogens with one attached hydrogen (secondary N) is 1. The van der Waals surface area contributed by atoms with E-state index in [1.165, 1.54) is 24.3 Å². The summed E-state index contributed by atoms with van der Waals surface area (Å²) in [6.07, 6.45) is -0.315. The number of carbonyl (C=O) groups is 1. The highest BCUT2D eigenvalue weighted by Gasteiger charge is 2.27. The maximum absolute atomic E-state index is 12.8. The van der Waals surface area contributed by atoms with Crippen LogP contribution in [-0.4, -0.2) is 17.1 Å². The van der Waals surface area contributed by atoms with E-state index in [0.717, 1.165) is 5.56 Å². The molecule has 2 aromatic carbocycles. The van der Waals surface area contributed by atoms with Crippen LogP contribution in [0.3, 0.4) is 0 Å². The molecule has 1 aliphatic rings. The van der Waals surface area contributed by atoms with Crippen LogP contribution in [-0.2, 0) is 11.2 Å². The zero-order valence-corrected chi connectivity index (χ0v) is 10.5. The van der Waals surface area contributed by atoms with Gasteiger partial charge in [-0.05, 0) is 29.8 Å². The number of phenolic OH excluding ortho intramolecular Hbond substituents is 1. The van der Waals surface area contributed by atoms with Crippen molar-refractivity contribution in [1.82, 2.24) is 0 Å². The summed E-state index contributed by atoms with van der Waals surface area (Å²) in [6.45, 7) is 0. The average Bonchev–Trinajstić information content (AvgIpc) is 2.42. The van der Waals surface area contributed by atoms with E-state index in [0.29, 0.717) is 17.9 Å². The zero-order chi connectivity index (χ0) is 14.1. The van der Waals surface area contributed by atoms with Gasteiger partial charge in [-0.3, -0.25) is 4.79 Å². The highest BCUT2D eigenvalue weighted by molar-refractivity contribution is 5.98. The molecule has 1 amide bonds. The molecule has 0 saturated heterocycles. The van der Waals surface area contributed by atoms with Crippen molar-refractivity contribution in [3.8, 4) is 11.5 Å². The molecule has 4 nitrogen and oxygen atoms in total. The largest absolute Gasteiger partial charge is 0.508 e. The Morgan fingerprint density at radius 2 is 1.95 bits per heavy atom. The molecule has 102 valence electrons. The summed E-state index contributed by atoms with van der Waals surface area (Å²) >= 11 is 0. The maximum atomic E-state index is 12.8. The van der Waals surface area contributed by atoms with Crippen molar-refractivity contribution >= 4 is 11.6 Å². The first-order valence-corrected chi connectivity index (χ1v) is 6.17. The van der Waals surface area contributed by atoms with Gasteiger partial charge >= 0.3 is 0 Å². The molecule has 3 rings (SSSR count). The molecule has 0 radical (unpaired) electrons. The Hall–Kier alpha value is -2.56. The van der Waals surface area contributed by atoms with Crippen LogP contribution in [0.5, 0.6) is 11.5 Å². The Kier molecular flexibility index (Phi) is 3.02. The minimum absolute atomic E-state index is 0.0598. The van der Waals surface area contributed by atoms with E-state index < -0.39 is 6.10 Å². The maximum Gasteiger partial charge on any atom is 0.265 e. The van der Waals surface area contributed by atoms with Crippen molar-refractivity contribution in [1.29, 1.82) is 0 Å². The van der Waals surface area contributed by atoms with Gasteiger partial charge in [0.1, 0.15) is 17.3 Å². The second kappa shape index (κ2) is 4.85. The van der Waals surface area contributed by atoms with Gasteiger partial charge in [0.05, 0.1) is 5.69 Å². The number of amides is 1. The second-order valence-electron chi connectivity index (χ2n) is 4.61. The Bertz CT molecular complexity index is 655. The fourth-order valence-electron chi connectivity index (χ4n) is 2.11. The summed E-state index contributed by atoms with van der Waals surface area (Å²) in [7, 11) is 0. The number of hydrogen-bond acceptors (Lipinski definition) is 3. The smallest absolute Gasteiger partial charge is 0.265 e. The van der Waals surface area contributed by atoms with Gasteiger partial charge in [-0.15, -0.1) is 0 Å². The van der Waals surface area contributed by atoms with Gasteiger partial charge in [0, 0.05) is 12.5 Å². The molecule has 0 spiro atoms. The Morgan fingerprint density at radius 1 is 1.20 bits per heavy atom. The fourth-order valence-corrected chi connectivity index (χ4v) is 2.11. The summed E-state index contributed by atoms with van der Waals surface area (Å²) in [5.74, 6) is -0.0323. The van der Waals surface area contributed by atoms with Gasteiger partial charge in [-0.2, -0.15) is 0 Å². The molecule has 2 aromatic rings.